The summed E-state index contributed by atoms with van der Waals surface area (Å²) in [4.78, 5) is 13.0. The van der Waals surface area contributed by atoms with E-state index in [0.717, 1.165) is 23.3 Å². The number of nitrogens with one attached hydrogen (secondary N) is 1. The molecule has 0 saturated carbocycles. The second-order valence-electron chi connectivity index (χ2n) is 4.94. The van der Waals surface area contributed by atoms with Gasteiger partial charge in [0, 0.05) is 12.0 Å². The maximum Gasteiger partial charge on any atom is 0.246 e. The van der Waals surface area contributed by atoms with Gasteiger partial charge in [-0.3, -0.25) is 4.79 Å². The van der Waals surface area contributed by atoms with E-state index >= 15 is 0 Å². The van der Waals surface area contributed by atoms with E-state index < -0.39 is 0 Å². The lowest BCUT2D eigenvalue weighted by Crippen LogP contribution is -2.31. The van der Waals surface area contributed by atoms with Gasteiger partial charge in [-0.25, -0.2) is 0 Å². The third-order valence-electron chi connectivity index (χ3n) is 3.26. The first-order chi connectivity index (χ1) is 10.2. The van der Waals surface area contributed by atoms with Crippen molar-refractivity contribution in [3.63, 3.8) is 0 Å². The normalized spacial score (nSPS) is 12.1. The molecular weight excluding hydrogens is 282 g/mol. The molecule has 0 aliphatic heterocycles. The lowest BCUT2D eigenvalue weighted by atomic mass is 10.0. The first-order valence-electron chi connectivity index (χ1n) is 7.15. The minimum Gasteiger partial charge on any atom is -0.375 e. The van der Waals surface area contributed by atoms with Gasteiger partial charge in [0.25, 0.3) is 0 Å². The number of benzene rings is 1. The zero-order valence-corrected chi connectivity index (χ0v) is 13.3. The maximum atomic E-state index is 11.9. The Bertz CT molecular complexity index is 549. The van der Waals surface area contributed by atoms with Crippen LogP contribution in [0.5, 0.6) is 0 Å². The van der Waals surface area contributed by atoms with Gasteiger partial charge in [-0.05, 0) is 29.0 Å². The van der Waals surface area contributed by atoms with Crippen LogP contribution in [-0.2, 0) is 16.0 Å². The number of rotatable bonds is 7. The molecule has 1 amide bonds. The molecular formula is C17H21NO2S. The van der Waals surface area contributed by atoms with Crippen LogP contribution in [-0.4, -0.2) is 19.6 Å². The highest BCUT2D eigenvalue weighted by Gasteiger charge is 2.17. The van der Waals surface area contributed by atoms with E-state index in [1.165, 1.54) is 12.7 Å². The highest BCUT2D eigenvalue weighted by atomic mass is 32.1. The van der Waals surface area contributed by atoms with Gasteiger partial charge in [0.15, 0.2) is 0 Å². The van der Waals surface area contributed by atoms with Gasteiger partial charge in [-0.15, -0.1) is 11.3 Å². The number of carbonyl (C=O) groups excluding carboxylic acids is 1. The van der Waals surface area contributed by atoms with Crippen LogP contribution >= 0.6 is 11.3 Å². The number of carbonyl (C=O) groups is 1. The first-order valence-corrected chi connectivity index (χ1v) is 8.03. The molecule has 0 bridgehead atoms. The van der Waals surface area contributed by atoms with Gasteiger partial charge in [0.05, 0.1) is 6.04 Å². The Hall–Kier alpha value is -1.65. The summed E-state index contributed by atoms with van der Waals surface area (Å²) in [5.74, 6) is -0.103. The third kappa shape index (κ3) is 4.41. The molecule has 0 aliphatic carbocycles. The van der Waals surface area contributed by atoms with Crippen LogP contribution in [0.15, 0.2) is 41.8 Å². The van der Waals surface area contributed by atoms with Crippen molar-refractivity contribution >= 4 is 17.2 Å². The fraction of sp³-hybridized carbons (Fsp3) is 0.353. The SMILES string of the molecule is CCCc1ccc(C(NC(=O)COC)c2cccs2)cc1. The Morgan fingerprint density at radius 3 is 2.62 bits per heavy atom. The molecule has 2 rings (SSSR count). The Labute approximate surface area is 130 Å². The summed E-state index contributed by atoms with van der Waals surface area (Å²) >= 11 is 1.64. The largest absolute Gasteiger partial charge is 0.375 e. The molecule has 112 valence electrons. The van der Waals surface area contributed by atoms with E-state index in [9.17, 15) is 4.79 Å². The molecule has 1 atom stereocenters. The molecule has 1 N–H and O–H groups in total. The van der Waals surface area contributed by atoms with Crippen molar-refractivity contribution in [2.45, 2.75) is 25.8 Å². The van der Waals surface area contributed by atoms with E-state index in [4.69, 9.17) is 4.74 Å². The van der Waals surface area contributed by atoms with Gasteiger partial charge < -0.3 is 10.1 Å². The molecule has 4 heteroatoms. The number of ether oxygens (including phenoxy) is 1. The summed E-state index contributed by atoms with van der Waals surface area (Å²) in [5, 5.41) is 5.06. The number of methoxy groups -OCH3 is 1. The zero-order valence-electron chi connectivity index (χ0n) is 12.5. The smallest absolute Gasteiger partial charge is 0.246 e. The summed E-state index contributed by atoms with van der Waals surface area (Å²) in [6.07, 6.45) is 2.22. The quantitative estimate of drug-likeness (QED) is 0.849. The van der Waals surface area contributed by atoms with Crippen LogP contribution in [0.1, 0.15) is 35.4 Å². The van der Waals surface area contributed by atoms with Crippen LogP contribution in [0.3, 0.4) is 0 Å². The Kier molecular flexibility index (Phi) is 5.96. The van der Waals surface area contributed by atoms with Crippen molar-refractivity contribution in [2.75, 3.05) is 13.7 Å². The van der Waals surface area contributed by atoms with Crippen molar-refractivity contribution in [1.82, 2.24) is 5.32 Å². The first kappa shape index (κ1) is 15.7. The molecule has 1 aromatic carbocycles. The number of aryl methyl sites for hydroxylation is 1. The summed E-state index contributed by atoms with van der Waals surface area (Å²) in [7, 11) is 1.53. The molecule has 1 aromatic heterocycles. The number of amides is 1. The topological polar surface area (TPSA) is 38.3 Å². The second-order valence-corrected chi connectivity index (χ2v) is 5.92. The van der Waals surface area contributed by atoms with Gasteiger partial charge in [0.1, 0.15) is 6.61 Å². The lowest BCUT2D eigenvalue weighted by Gasteiger charge is -2.18. The Morgan fingerprint density at radius 2 is 2.05 bits per heavy atom. The van der Waals surface area contributed by atoms with E-state index in [2.05, 4.69) is 36.5 Å². The molecule has 0 radical (unpaired) electrons. The zero-order chi connectivity index (χ0) is 15.1. The number of thiophene rings is 1. The Morgan fingerprint density at radius 1 is 1.29 bits per heavy atom. The molecule has 0 spiro atoms. The van der Waals surface area contributed by atoms with Crippen molar-refractivity contribution in [3.8, 4) is 0 Å². The van der Waals surface area contributed by atoms with Gasteiger partial charge in [-0.2, -0.15) is 0 Å². The molecule has 1 unspecified atom stereocenters. The monoisotopic (exact) mass is 303 g/mol. The molecule has 21 heavy (non-hydrogen) atoms. The number of hydrogen-bond donors (Lipinski definition) is 1. The van der Waals surface area contributed by atoms with Crippen molar-refractivity contribution in [1.29, 1.82) is 0 Å². The molecule has 0 aliphatic rings. The predicted molar refractivity (Wildman–Crippen MR) is 86.6 cm³/mol. The summed E-state index contributed by atoms with van der Waals surface area (Å²) in [6.45, 7) is 2.25. The van der Waals surface area contributed by atoms with E-state index in [1.54, 1.807) is 11.3 Å². The van der Waals surface area contributed by atoms with Crippen LogP contribution in [0.2, 0.25) is 0 Å². The second kappa shape index (κ2) is 7.96. The fourth-order valence-corrected chi connectivity index (χ4v) is 3.08. The van der Waals surface area contributed by atoms with Crippen molar-refractivity contribution < 1.29 is 9.53 Å². The molecule has 2 aromatic rings. The average molecular weight is 303 g/mol. The number of hydrogen-bond acceptors (Lipinski definition) is 3. The van der Waals surface area contributed by atoms with Crippen LogP contribution < -0.4 is 5.32 Å². The molecule has 1 heterocycles. The van der Waals surface area contributed by atoms with Crippen molar-refractivity contribution in [3.05, 3.63) is 57.8 Å². The predicted octanol–water partition coefficient (Wildman–Crippen LogP) is 3.55. The summed E-state index contributed by atoms with van der Waals surface area (Å²) < 4.78 is 4.90. The van der Waals surface area contributed by atoms with E-state index in [0.29, 0.717) is 0 Å². The van der Waals surface area contributed by atoms with Crippen LogP contribution in [0.25, 0.3) is 0 Å². The van der Waals surface area contributed by atoms with Crippen molar-refractivity contribution in [2.24, 2.45) is 0 Å². The van der Waals surface area contributed by atoms with Gasteiger partial charge in [-0.1, -0.05) is 43.7 Å². The van der Waals surface area contributed by atoms with E-state index in [-0.39, 0.29) is 18.6 Å². The third-order valence-corrected chi connectivity index (χ3v) is 4.20. The van der Waals surface area contributed by atoms with Gasteiger partial charge in [0.2, 0.25) is 5.91 Å². The van der Waals surface area contributed by atoms with Crippen LogP contribution in [0.4, 0.5) is 0 Å². The average Bonchev–Trinajstić information content (AvgIpc) is 3.00. The minimum atomic E-state index is -0.108. The van der Waals surface area contributed by atoms with Gasteiger partial charge >= 0.3 is 0 Å². The summed E-state index contributed by atoms with van der Waals surface area (Å²) in [6, 6.07) is 12.4. The van der Waals surface area contributed by atoms with Crippen LogP contribution in [0, 0.1) is 0 Å². The summed E-state index contributed by atoms with van der Waals surface area (Å²) in [5.41, 5.74) is 2.43. The minimum absolute atomic E-state index is 0.0792. The standard InChI is InChI=1S/C17H21NO2S/c1-3-5-13-7-9-14(10-8-13)17(15-6-4-11-21-15)18-16(19)12-20-2/h4,6-11,17H,3,5,12H2,1-2H3,(H,18,19). The fourth-order valence-electron chi connectivity index (χ4n) is 2.27. The lowest BCUT2D eigenvalue weighted by molar-refractivity contribution is -0.125. The maximum absolute atomic E-state index is 11.9. The van der Waals surface area contributed by atoms with E-state index in [1.807, 2.05) is 17.5 Å². The molecule has 0 fully saturated rings. The Balaban J connectivity index is 2.20. The molecule has 0 saturated heterocycles. The highest BCUT2D eigenvalue weighted by Crippen LogP contribution is 2.26. The highest BCUT2D eigenvalue weighted by molar-refractivity contribution is 7.10. The molecule has 3 nitrogen and oxygen atoms in total.